The molecule has 2 aromatic carbocycles. The SMILES string of the molecule is CCC(c1ccc(CN)c(N)c1)c1ccc(CN)c(N)c1. The van der Waals surface area contributed by atoms with Crippen LogP contribution in [0.5, 0.6) is 0 Å². The van der Waals surface area contributed by atoms with Crippen LogP contribution in [0.4, 0.5) is 11.4 Å². The molecule has 112 valence electrons. The number of hydrogen-bond acceptors (Lipinski definition) is 4. The van der Waals surface area contributed by atoms with Gasteiger partial charge in [-0.1, -0.05) is 31.2 Å². The van der Waals surface area contributed by atoms with E-state index in [4.69, 9.17) is 22.9 Å². The van der Waals surface area contributed by atoms with E-state index < -0.39 is 0 Å². The Hall–Kier alpha value is -2.04. The number of nitrogen functional groups attached to an aromatic ring is 2. The fraction of sp³-hybridized carbons (Fsp3) is 0.294. The molecule has 0 atom stereocenters. The van der Waals surface area contributed by atoms with Crippen molar-refractivity contribution in [3.05, 3.63) is 58.7 Å². The van der Waals surface area contributed by atoms with Crippen LogP contribution in [0.25, 0.3) is 0 Å². The Morgan fingerprint density at radius 2 is 1.24 bits per heavy atom. The third-order valence-electron chi connectivity index (χ3n) is 3.99. The van der Waals surface area contributed by atoms with Gasteiger partial charge in [-0.3, -0.25) is 0 Å². The molecule has 2 rings (SSSR count). The highest BCUT2D eigenvalue weighted by atomic mass is 14.6. The van der Waals surface area contributed by atoms with Gasteiger partial charge in [-0.05, 0) is 40.8 Å². The van der Waals surface area contributed by atoms with Crippen LogP contribution < -0.4 is 22.9 Å². The molecule has 0 amide bonds. The van der Waals surface area contributed by atoms with Gasteiger partial charge in [0.05, 0.1) is 0 Å². The Bertz CT molecular complexity index is 569. The van der Waals surface area contributed by atoms with Gasteiger partial charge in [-0.2, -0.15) is 0 Å². The normalized spacial score (nSPS) is 11.0. The fourth-order valence-electron chi connectivity index (χ4n) is 2.70. The zero-order chi connectivity index (χ0) is 15.4. The van der Waals surface area contributed by atoms with Crippen LogP contribution >= 0.6 is 0 Å². The number of benzene rings is 2. The maximum Gasteiger partial charge on any atom is 0.0362 e. The highest BCUT2D eigenvalue weighted by Gasteiger charge is 2.14. The lowest BCUT2D eigenvalue weighted by Gasteiger charge is -2.19. The van der Waals surface area contributed by atoms with Gasteiger partial charge in [0.25, 0.3) is 0 Å². The van der Waals surface area contributed by atoms with E-state index in [1.54, 1.807) is 0 Å². The molecule has 8 N–H and O–H groups in total. The minimum Gasteiger partial charge on any atom is -0.398 e. The van der Waals surface area contributed by atoms with Crippen LogP contribution in [-0.2, 0) is 13.1 Å². The van der Waals surface area contributed by atoms with Crippen LogP contribution in [0, 0.1) is 0 Å². The first-order valence-corrected chi connectivity index (χ1v) is 7.27. The highest BCUT2D eigenvalue weighted by molar-refractivity contribution is 5.54. The molecule has 4 heteroatoms. The monoisotopic (exact) mass is 284 g/mol. The average Bonchev–Trinajstić information content (AvgIpc) is 2.48. The molecule has 0 aliphatic rings. The van der Waals surface area contributed by atoms with E-state index in [2.05, 4.69) is 19.1 Å². The first-order valence-electron chi connectivity index (χ1n) is 7.27. The molecule has 0 unspecified atom stereocenters. The van der Waals surface area contributed by atoms with Gasteiger partial charge in [-0.25, -0.2) is 0 Å². The quantitative estimate of drug-likeness (QED) is 0.632. The van der Waals surface area contributed by atoms with Gasteiger partial charge in [0.2, 0.25) is 0 Å². The van der Waals surface area contributed by atoms with Gasteiger partial charge < -0.3 is 22.9 Å². The molecule has 0 radical (unpaired) electrons. The highest BCUT2D eigenvalue weighted by Crippen LogP contribution is 2.31. The second kappa shape index (κ2) is 6.61. The first kappa shape index (κ1) is 15.4. The number of rotatable bonds is 5. The van der Waals surface area contributed by atoms with Crippen LogP contribution in [0.15, 0.2) is 36.4 Å². The predicted molar refractivity (Wildman–Crippen MR) is 89.6 cm³/mol. The zero-order valence-corrected chi connectivity index (χ0v) is 12.5. The first-order chi connectivity index (χ1) is 10.1. The van der Waals surface area contributed by atoms with Crippen LogP contribution in [0.1, 0.15) is 41.5 Å². The average molecular weight is 284 g/mol. The predicted octanol–water partition coefficient (Wildman–Crippen LogP) is 2.31. The van der Waals surface area contributed by atoms with Gasteiger partial charge in [-0.15, -0.1) is 0 Å². The Balaban J connectivity index is 2.39. The van der Waals surface area contributed by atoms with Crippen molar-refractivity contribution in [2.24, 2.45) is 11.5 Å². The smallest absolute Gasteiger partial charge is 0.0362 e. The molecule has 0 aliphatic heterocycles. The van der Waals surface area contributed by atoms with Crippen molar-refractivity contribution in [2.45, 2.75) is 32.4 Å². The second-order valence-electron chi connectivity index (χ2n) is 5.29. The van der Waals surface area contributed by atoms with E-state index in [-0.39, 0.29) is 5.92 Å². The number of anilines is 2. The fourth-order valence-corrected chi connectivity index (χ4v) is 2.70. The molecule has 2 aromatic rings. The molecule has 21 heavy (non-hydrogen) atoms. The van der Waals surface area contributed by atoms with Crippen LogP contribution in [0.3, 0.4) is 0 Å². The second-order valence-corrected chi connectivity index (χ2v) is 5.29. The summed E-state index contributed by atoms with van der Waals surface area (Å²) in [6.45, 7) is 3.08. The molecule has 0 aliphatic carbocycles. The molecule has 0 aromatic heterocycles. The molecule has 4 nitrogen and oxygen atoms in total. The number of hydrogen-bond donors (Lipinski definition) is 4. The summed E-state index contributed by atoms with van der Waals surface area (Å²) in [6.07, 6.45) is 0.975. The van der Waals surface area contributed by atoms with E-state index in [1.165, 1.54) is 11.1 Å². The van der Waals surface area contributed by atoms with E-state index in [0.717, 1.165) is 28.9 Å². The van der Waals surface area contributed by atoms with Crippen molar-refractivity contribution in [2.75, 3.05) is 11.5 Å². The summed E-state index contributed by atoms with van der Waals surface area (Å²) in [5, 5.41) is 0. The van der Waals surface area contributed by atoms with Crippen molar-refractivity contribution < 1.29 is 0 Å². The Kier molecular flexibility index (Phi) is 4.83. The number of nitrogens with two attached hydrogens (primary N) is 4. The van der Waals surface area contributed by atoms with Gasteiger partial charge in [0, 0.05) is 30.4 Å². The summed E-state index contributed by atoms with van der Waals surface area (Å²) >= 11 is 0. The van der Waals surface area contributed by atoms with Crippen molar-refractivity contribution in [3.63, 3.8) is 0 Å². The van der Waals surface area contributed by atoms with E-state index in [0.29, 0.717) is 13.1 Å². The lowest BCUT2D eigenvalue weighted by Crippen LogP contribution is -2.07. The molecule has 0 bridgehead atoms. The molecular weight excluding hydrogens is 260 g/mol. The summed E-state index contributed by atoms with van der Waals surface area (Å²) in [5.41, 5.74) is 29.3. The Morgan fingerprint density at radius 3 is 1.52 bits per heavy atom. The summed E-state index contributed by atoms with van der Waals surface area (Å²) in [5.74, 6) is 0.272. The molecule has 0 heterocycles. The van der Waals surface area contributed by atoms with Crippen molar-refractivity contribution in [1.82, 2.24) is 0 Å². The molecule has 0 fully saturated rings. The minimum absolute atomic E-state index is 0.272. The lowest BCUT2D eigenvalue weighted by atomic mass is 9.87. The Morgan fingerprint density at radius 1 is 0.810 bits per heavy atom. The summed E-state index contributed by atoms with van der Waals surface area (Å²) in [6, 6.07) is 12.2. The largest absolute Gasteiger partial charge is 0.398 e. The van der Waals surface area contributed by atoms with Gasteiger partial charge >= 0.3 is 0 Å². The Labute approximate surface area is 126 Å². The van der Waals surface area contributed by atoms with E-state index in [9.17, 15) is 0 Å². The maximum atomic E-state index is 6.06. The summed E-state index contributed by atoms with van der Waals surface area (Å²) < 4.78 is 0. The standard InChI is InChI=1S/C17H24N4/c1-2-15(11-3-5-13(9-18)16(20)7-11)12-4-6-14(10-19)17(21)8-12/h3-8,15H,2,9-10,18-21H2,1H3. The minimum atomic E-state index is 0.272. The van der Waals surface area contributed by atoms with Crippen LogP contribution in [0.2, 0.25) is 0 Å². The van der Waals surface area contributed by atoms with Crippen molar-refractivity contribution in [1.29, 1.82) is 0 Å². The van der Waals surface area contributed by atoms with E-state index >= 15 is 0 Å². The van der Waals surface area contributed by atoms with E-state index in [1.807, 2.05) is 24.3 Å². The topological polar surface area (TPSA) is 104 Å². The molecule has 0 saturated heterocycles. The van der Waals surface area contributed by atoms with Crippen molar-refractivity contribution >= 4 is 11.4 Å². The third kappa shape index (κ3) is 3.17. The van der Waals surface area contributed by atoms with Crippen molar-refractivity contribution in [3.8, 4) is 0 Å². The molecule has 0 saturated carbocycles. The zero-order valence-electron chi connectivity index (χ0n) is 12.5. The lowest BCUT2D eigenvalue weighted by molar-refractivity contribution is 0.776. The molecular formula is C17H24N4. The summed E-state index contributed by atoms with van der Waals surface area (Å²) in [4.78, 5) is 0. The molecule has 0 spiro atoms. The van der Waals surface area contributed by atoms with Gasteiger partial charge in [0.1, 0.15) is 0 Å². The summed E-state index contributed by atoms with van der Waals surface area (Å²) in [7, 11) is 0. The maximum absolute atomic E-state index is 6.06. The van der Waals surface area contributed by atoms with Gasteiger partial charge in [0.15, 0.2) is 0 Å². The van der Waals surface area contributed by atoms with Crippen LogP contribution in [-0.4, -0.2) is 0 Å². The third-order valence-corrected chi connectivity index (χ3v) is 3.99.